The van der Waals surface area contributed by atoms with Gasteiger partial charge in [0.2, 0.25) is 5.82 Å². The number of carboxylic acids is 1. The van der Waals surface area contributed by atoms with E-state index in [4.69, 9.17) is 9.72 Å². The lowest BCUT2D eigenvalue weighted by Crippen LogP contribution is -2.51. The summed E-state index contributed by atoms with van der Waals surface area (Å²) >= 11 is 0. The number of pyridine rings is 1. The largest absolute Gasteiger partial charge is 0.480 e. The average molecular weight is 583 g/mol. The molecule has 2 aliphatic heterocycles. The number of nitrogens with one attached hydrogen (secondary N) is 2. The Labute approximate surface area is 236 Å². The van der Waals surface area contributed by atoms with Gasteiger partial charge in [0.15, 0.2) is 5.82 Å². The summed E-state index contributed by atoms with van der Waals surface area (Å²) in [7, 11) is 1.60. The van der Waals surface area contributed by atoms with Gasteiger partial charge in [0.1, 0.15) is 11.9 Å². The smallest absolute Gasteiger partial charge is 0.451 e. The van der Waals surface area contributed by atoms with Crippen LogP contribution in [0.4, 0.5) is 23.8 Å². The van der Waals surface area contributed by atoms with Crippen LogP contribution in [0.5, 0.6) is 0 Å². The van der Waals surface area contributed by atoms with Crippen molar-refractivity contribution in [3.05, 3.63) is 35.0 Å². The Kier molecular flexibility index (Phi) is 10.4. The number of rotatable bonds is 13. The van der Waals surface area contributed by atoms with E-state index in [9.17, 15) is 27.9 Å². The molecule has 0 bridgehead atoms. The number of ether oxygens (including phenoxy) is 1. The SMILES string of the molecule is COCCN(CCCCc1ccc2c(n1)NCCC2)CCC(NC(=O)N1CCn2c(nnc2C(F)(F)F)C1)C(=O)O. The number of halogens is 3. The van der Waals surface area contributed by atoms with Crippen LogP contribution in [0, 0.1) is 0 Å². The van der Waals surface area contributed by atoms with Gasteiger partial charge in [0.25, 0.3) is 0 Å². The van der Waals surface area contributed by atoms with Crippen LogP contribution in [-0.4, -0.2) is 99.1 Å². The molecular weight excluding hydrogens is 545 g/mol. The zero-order valence-corrected chi connectivity index (χ0v) is 23.1. The van der Waals surface area contributed by atoms with Gasteiger partial charge in [-0.3, -0.25) is 0 Å². The summed E-state index contributed by atoms with van der Waals surface area (Å²) in [6, 6.07) is 2.39. The number of carbonyl (C=O) groups excluding carboxylic acids is 1. The van der Waals surface area contributed by atoms with Crippen molar-refractivity contribution >= 4 is 17.8 Å². The minimum absolute atomic E-state index is 0.00168. The van der Waals surface area contributed by atoms with Crippen molar-refractivity contribution in [2.24, 2.45) is 0 Å². The van der Waals surface area contributed by atoms with Gasteiger partial charge in [-0.25, -0.2) is 14.6 Å². The Morgan fingerprint density at radius 2 is 2.02 bits per heavy atom. The van der Waals surface area contributed by atoms with E-state index in [0.717, 1.165) is 61.3 Å². The number of carboxylic acid groups (broad SMARTS) is 1. The van der Waals surface area contributed by atoms with Gasteiger partial charge in [-0.1, -0.05) is 6.07 Å². The molecule has 0 saturated carbocycles. The number of hydrogen-bond acceptors (Lipinski definition) is 8. The molecule has 4 rings (SSSR count). The third kappa shape index (κ3) is 8.28. The molecule has 4 heterocycles. The summed E-state index contributed by atoms with van der Waals surface area (Å²) in [5.74, 6) is -1.31. The molecule has 3 N–H and O–H groups in total. The first kappa shape index (κ1) is 30.5. The maximum absolute atomic E-state index is 13.1. The minimum Gasteiger partial charge on any atom is -0.480 e. The molecule has 2 amide bonds. The number of urea groups is 1. The molecule has 0 saturated heterocycles. The summed E-state index contributed by atoms with van der Waals surface area (Å²) in [6.07, 6.45) is 0.324. The van der Waals surface area contributed by atoms with Crippen LogP contribution in [0.3, 0.4) is 0 Å². The van der Waals surface area contributed by atoms with E-state index in [2.05, 4.69) is 37.9 Å². The van der Waals surface area contributed by atoms with Crippen LogP contribution in [-0.2, 0) is 41.6 Å². The molecule has 0 fully saturated rings. The third-order valence-electron chi connectivity index (χ3n) is 7.34. The van der Waals surface area contributed by atoms with Crippen molar-refractivity contribution in [2.75, 3.05) is 51.8 Å². The quantitative estimate of drug-likeness (QED) is 0.304. The molecule has 0 spiro atoms. The van der Waals surface area contributed by atoms with E-state index < -0.39 is 30.0 Å². The molecule has 0 aromatic carbocycles. The van der Waals surface area contributed by atoms with Crippen molar-refractivity contribution in [1.82, 2.24) is 34.9 Å². The first-order valence-electron chi connectivity index (χ1n) is 13.9. The lowest BCUT2D eigenvalue weighted by Gasteiger charge is -2.30. The number of amides is 2. The van der Waals surface area contributed by atoms with E-state index >= 15 is 0 Å². The fourth-order valence-corrected chi connectivity index (χ4v) is 5.06. The number of aromatic nitrogens is 4. The number of unbranched alkanes of at least 4 members (excludes halogenated alkanes) is 1. The van der Waals surface area contributed by atoms with E-state index in [0.29, 0.717) is 19.7 Å². The standard InChI is InChI=1S/C26H37F3N8O4/c1-41-16-15-35(11-3-2-6-19-8-7-18-5-4-10-30-22(18)31-19)12-9-20(23(38)39)32-25(40)36-13-14-37-21(17-36)33-34-24(37)26(27,28)29/h7-8,20H,2-6,9-17H2,1H3,(H,30,31)(H,32,40)(H,38,39). The number of aliphatic carboxylic acids is 1. The zero-order valence-electron chi connectivity index (χ0n) is 23.1. The summed E-state index contributed by atoms with van der Waals surface area (Å²) < 4.78 is 45.4. The first-order valence-corrected chi connectivity index (χ1v) is 13.9. The van der Waals surface area contributed by atoms with Crippen LogP contribution in [0.1, 0.15) is 48.6 Å². The van der Waals surface area contributed by atoms with E-state index in [1.807, 2.05) is 0 Å². The van der Waals surface area contributed by atoms with Gasteiger partial charge in [0, 0.05) is 45.5 Å². The molecule has 12 nitrogen and oxygen atoms in total. The zero-order chi connectivity index (χ0) is 29.4. The van der Waals surface area contributed by atoms with Gasteiger partial charge < -0.3 is 34.8 Å². The number of anilines is 1. The van der Waals surface area contributed by atoms with Crippen molar-refractivity contribution in [3.63, 3.8) is 0 Å². The molecule has 0 radical (unpaired) electrons. The van der Waals surface area contributed by atoms with Crippen LogP contribution < -0.4 is 10.6 Å². The molecule has 226 valence electrons. The van der Waals surface area contributed by atoms with Crippen LogP contribution in [0.25, 0.3) is 0 Å². The monoisotopic (exact) mass is 582 g/mol. The number of aryl methyl sites for hydroxylation is 2. The van der Waals surface area contributed by atoms with Gasteiger partial charge in [-0.05, 0) is 56.7 Å². The Hall–Kier alpha value is -3.46. The topological polar surface area (TPSA) is 138 Å². The highest BCUT2D eigenvalue weighted by molar-refractivity contribution is 5.82. The highest BCUT2D eigenvalue weighted by atomic mass is 19.4. The summed E-state index contributed by atoms with van der Waals surface area (Å²) in [5.41, 5.74) is 2.30. The van der Waals surface area contributed by atoms with Gasteiger partial charge in [-0.15, -0.1) is 10.2 Å². The maximum atomic E-state index is 13.1. The molecule has 15 heteroatoms. The second-order valence-corrected chi connectivity index (χ2v) is 10.3. The number of fused-ring (bicyclic) bond motifs is 2. The number of hydrogen-bond donors (Lipinski definition) is 3. The second kappa shape index (κ2) is 13.9. The van der Waals surface area contributed by atoms with E-state index in [1.54, 1.807) is 7.11 Å². The molecule has 0 aliphatic carbocycles. The van der Waals surface area contributed by atoms with E-state index in [-0.39, 0.29) is 31.9 Å². The van der Waals surface area contributed by atoms with Gasteiger partial charge in [-0.2, -0.15) is 13.2 Å². The van der Waals surface area contributed by atoms with Crippen molar-refractivity contribution in [3.8, 4) is 0 Å². The molecular formula is C26H37F3N8O4. The normalized spacial score (nSPS) is 15.7. The first-order chi connectivity index (χ1) is 19.7. The molecule has 2 aromatic heterocycles. The number of methoxy groups -OCH3 is 1. The fraction of sp³-hybridized carbons (Fsp3) is 0.654. The average Bonchev–Trinajstić information content (AvgIpc) is 3.39. The predicted molar refractivity (Wildman–Crippen MR) is 142 cm³/mol. The second-order valence-electron chi connectivity index (χ2n) is 10.3. The van der Waals surface area contributed by atoms with Gasteiger partial charge >= 0.3 is 18.2 Å². The predicted octanol–water partition coefficient (Wildman–Crippen LogP) is 2.39. The Balaban J connectivity index is 1.25. The summed E-state index contributed by atoms with van der Waals surface area (Å²) in [4.78, 5) is 32.8. The molecule has 1 unspecified atom stereocenters. The van der Waals surface area contributed by atoms with Crippen LogP contribution in [0.2, 0.25) is 0 Å². The summed E-state index contributed by atoms with van der Waals surface area (Å²) in [5, 5.41) is 22.4. The van der Waals surface area contributed by atoms with E-state index in [1.165, 1.54) is 10.5 Å². The Bertz CT molecular complexity index is 1190. The lowest BCUT2D eigenvalue weighted by molar-refractivity contribution is -0.148. The maximum Gasteiger partial charge on any atom is 0.451 e. The molecule has 1 atom stereocenters. The number of carbonyl (C=O) groups is 2. The Morgan fingerprint density at radius 3 is 2.78 bits per heavy atom. The highest BCUT2D eigenvalue weighted by Crippen LogP contribution is 2.29. The number of nitrogens with zero attached hydrogens (tertiary/aromatic N) is 6. The molecule has 41 heavy (non-hydrogen) atoms. The molecule has 2 aromatic rings. The van der Waals surface area contributed by atoms with Crippen molar-refractivity contribution < 1.29 is 32.6 Å². The van der Waals surface area contributed by atoms with Crippen molar-refractivity contribution in [1.29, 1.82) is 0 Å². The van der Waals surface area contributed by atoms with Crippen LogP contribution >= 0.6 is 0 Å². The third-order valence-corrected chi connectivity index (χ3v) is 7.34. The van der Waals surface area contributed by atoms with Crippen molar-refractivity contribution in [2.45, 2.75) is 63.8 Å². The molecule has 2 aliphatic rings. The summed E-state index contributed by atoms with van der Waals surface area (Å²) in [6.45, 7) is 2.83. The number of alkyl halides is 3. The lowest BCUT2D eigenvalue weighted by atomic mass is 10.1. The van der Waals surface area contributed by atoms with Crippen LogP contribution in [0.15, 0.2) is 12.1 Å². The minimum atomic E-state index is -4.64. The fourth-order valence-electron chi connectivity index (χ4n) is 5.06. The Morgan fingerprint density at radius 1 is 1.20 bits per heavy atom. The van der Waals surface area contributed by atoms with Gasteiger partial charge in [0.05, 0.1) is 13.2 Å². The highest BCUT2D eigenvalue weighted by Gasteiger charge is 2.40.